The Morgan fingerprint density at radius 3 is 3.03 bits per heavy atom. The van der Waals surface area contributed by atoms with Gasteiger partial charge in [-0.05, 0) is 24.3 Å². The molecule has 0 saturated heterocycles. The first-order valence-electron chi connectivity index (χ1n) is 9.65. The quantitative estimate of drug-likeness (QED) is 0.517. The summed E-state index contributed by atoms with van der Waals surface area (Å²) in [6.07, 6.45) is 5.41. The second-order valence-electron chi connectivity index (χ2n) is 7.19. The number of halogens is 1. The third-order valence-electron chi connectivity index (χ3n) is 5.37. The number of imidazole rings is 1. The zero-order valence-corrected chi connectivity index (χ0v) is 16.6. The van der Waals surface area contributed by atoms with Crippen molar-refractivity contribution in [1.82, 2.24) is 18.9 Å². The topological polar surface area (TPSA) is 77.8 Å². The number of hydrogen-bond acceptors (Lipinski definition) is 5. The lowest BCUT2D eigenvalue weighted by atomic mass is 10.0. The van der Waals surface area contributed by atoms with Crippen molar-refractivity contribution in [3.63, 3.8) is 0 Å². The van der Waals surface area contributed by atoms with Crippen molar-refractivity contribution in [3.05, 3.63) is 81.6 Å². The molecule has 3 aromatic heterocycles. The molecular weight excluding hydrogens is 399 g/mol. The summed E-state index contributed by atoms with van der Waals surface area (Å²) in [6, 6.07) is 6.50. The summed E-state index contributed by atoms with van der Waals surface area (Å²) in [7, 11) is 1.67. The lowest BCUT2D eigenvalue weighted by molar-refractivity contribution is 0.356. The Bertz CT molecular complexity index is 1430. The Morgan fingerprint density at radius 1 is 1.32 bits per heavy atom. The highest BCUT2D eigenvalue weighted by Gasteiger charge is 2.21. The van der Waals surface area contributed by atoms with Gasteiger partial charge in [0.2, 0.25) is 11.6 Å². The van der Waals surface area contributed by atoms with E-state index >= 15 is 0 Å². The number of benzene rings is 1. The number of anilines is 1. The summed E-state index contributed by atoms with van der Waals surface area (Å²) >= 11 is 0. The van der Waals surface area contributed by atoms with Crippen LogP contribution in [-0.2, 0) is 20.0 Å². The van der Waals surface area contributed by atoms with Crippen LogP contribution < -0.4 is 15.6 Å². The zero-order valence-electron chi connectivity index (χ0n) is 16.6. The first-order chi connectivity index (χ1) is 15.1. The molecule has 5 rings (SSSR count). The minimum atomic E-state index is -0.315. The number of hydrogen-bond donors (Lipinski definition) is 1. The molecule has 0 aliphatic carbocycles. The van der Waals surface area contributed by atoms with Crippen LogP contribution in [0, 0.1) is 12.4 Å². The van der Waals surface area contributed by atoms with Crippen LogP contribution in [0.2, 0.25) is 0 Å². The average Bonchev–Trinajstić information content (AvgIpc) is 3.42. The molecule has 0 radical (unpaired) electrons. The number of rotatable bonds is 4. The molecule has 9 heteroatoms. The van der Waals surface area contributed by atoms with Crippen LogP contribution >= 0.6 is 0 Å². The molecule has 8 nitrogen and oxygen atoms in total. The number of ether oxygens (including phenoxy) is 1. The summed E-state index contributed by atoms with van der Waals surface area (Å²) in [6.45, 7) is 8.05. The van der Waals surface area contributed by atoms with Crippen molar-refractivity contribution in [1.29, 1.82) is 0 Å². The highest BCUT2D eigenvalue weighted by molar-refractivity contribution is 5.79. The summed E-state index contributed by atoms with van der Waals surface area (Å²) in [4.78, 5) is 24.8. The lowest BCUT2D eigenvalue weighted by Gasteiger charge is -2.12. The average molecular weight is 416 g/mol. The maximum absolute atomic E-state index is 14.5. The van der Waals surface area contributed by atoms with Crippen molar-refractivity contribution in [2.24, 2.45) is 7.05 Å². The van der Waals surface area contributed by atoms with E-state index in [1.54, 1.807) is 48.2 Å². The molecule has 154 valence electrons. The van der Waals surface area contributed by atoms with Gasteiger partial charge in [-0.1, -0.05) is 11.6 Å². The molecule has 0 saturated carbocycles. The van der Waals surface area contributed by atoms with E-state index in [0.29, 0.717) is 47.1 Å². The van der Waals surface area contributed by atoms with Crippen molar-refractivity contribution in [2.75, 3.05) is 11.9 Å². The number of fused-ring (bicyclic) bond motifs is 2. The van der Waals surface area contributed by atoms with E-state index in [1.807, 2.05) is 0 Å². The van der Waals surface area contributed by atoms with Crippen LogP contribution in [0.15, 0.2) is 47.7 Å². The third-order valence-corrected chi connectivity index (χ3v) is 5.37. The first-order valence-corrected chi connectivity index (χ1v) is 9.65. The van der Waals surface area contributed by atoms with Gasteiger partial charge in [-0.3, -0.25) is 9.20 Å². The van der Waals surface area contributed by atoms with Gasteiger partial charge in [-0.15, -0.1) is 0 Å². The molecule has 1 aliphatic heterocycles. The van der Waals surface area contributed by atoms with Crippen molar-refractivity contribution in [2.45, 2.75) is 13.0 Å². The Morgan fingerprint density at radius 2 is 2.19 bits per heavy atom. The van der Waals surface area contributed by atoms with Crippen LogP contribution in [0.25, 0.3) is 21.6 Å². The summed E-state index contributed by atoms with van der Waals surface area (Å²) in [5.74, 6) is 0.949. The molecule has 0 amide bonds. The number of nitrogens with zero attached hydrogens (tertiary/aromatic N) is 5. The maximum atomic E-state index is 14.5. The highest BCUT2D eigenvalue weighted by Crippen LogP contribution is 2.31. The Labute approximate surface area is 176 Å². The molecule has 1 N–H and O–H groups in total. The Hall–Kier alpha value is -4.19. The monoisotopic (exact) mass is 416 g/mol. The Balaban J connectivity index is 1.58. The SMILES string of the molecule is [C-]#[N+]c1cn2c(NCc3c(F)ccc4c3CCO4)ncc(-c3cccn(C)c3=O)c2n1. The standard InChI is InChI=1S/C22H17FN6O2/c1-24-19-12-29-20(27-19)16(14-4-3-8-28(2)21(14)30)11-26-22(29)25-10-15-13-7-9-31-18(13)6-5-17(15)23/h3-6,8,11-12H,7,9-10H2,2H3,(H,25,26). The minimum absolute atomic E-state index is 0.172. The smallest absolute Gasteiger partial charge is 0.288 e. The van der Waals surface area contributed by atoms with Crippen LogP contribution in [-0.4, -0.2) is 25.5 Å². The predicted octanol–water partition coefficient (Wildman–Crippen LogP) is 3.33. The molecular formula is C22H17FN6O2. The normalized spacial score (nSPS) is 12.4. The lowest BCUT2D eigenvalue weighted by Crippen LogP contribution is -2.18. The van der Waals surface area contributed by atoms with Gasteiger partial charge in [0.05, 0.1) is 17.7 Å². The summed E-state index contributed by atoms with van der Waals surface area (Å²) in [5, 5.41) is 3.15. The fourth-order valence-corrected chi connectivity index (χ4v) is 3.82. The number of aromatic nitrogens is 4. The second kappa shape index (κ2) is 7.25. The molecule has 1 aliphatic rings. The molecule has 0 fully saturated rings. The van der Waals surface area contributed by atoms with Gasteiger partial charge in [-0.2, -0.15) is 0 Å². The van der Waals surface area contributed by atoms with E-state index in [0.717, 1.165) is 5.56 Å². The van der Waals surface area contributed by atoms with Gasteiger partial charge >= 0.3 is 0 Å². The molecule has 4 aromatic rings. The van der Waals surface area contributed by atoms with E-state index in [1.165, 1.54) is 10.6 Å². The van der Waals surface area contributed by atoms with Gasteiger partial charge in [0.15, 0.2) is 0 Å². The number of aryl methyl sites for hydroxylation is 1. The zero-order chi connectivity index (χ0) is 21.5. The van der Waals surface area contributed by atoms with Gasteiger partial charge in [0.1, 0.15) is 11.6 Å². The third kappa shape index (κ3) is 3.09. The fraction of sp³-hybridized carbons (Fsp3) is 0.182. The largest absolute Gasteiger partial charge is 0.493 e. The molecule has 0 unspecified atom stereocenters. The van der Waals surface area contributed by atoms with E-state index in [4.69, 9.17) is 11.3 Å². The van der Waals surface area contributed by atoms with E-state index < -0.39 is 0 Å². The first kappa shape index (κ1) is 18.8. The molecule has 1 aromatic carbocycles. The molecule has 0 atom stereocenters. The van der Waals surface area contributed by atoms with Gasteiger partial charge < -0.3 is 19.5 Å². The number of pyridine rings is 1. The van der Waals surface area contributed by atoms with Crippen LogP contribution in [0.3, 0.4) is 0 Å². The highest BCUT2D eigenvalue weighted by atomic mass is 19.1. The predicted molar refractivity (Wildman–Crippen MR) is 113 cm³/mol. The maximum Gasteiger partial charge on any atom is 0.288 e. The molecule has 4 heterocycles. The van der Waals surface area contributed by atoms with Crippen LogP contribution in [0.1, 0.15) is 11.1 Å². The van der Waals surface area contributed by atoms with E-state index in [9.17, 15) is 9.18 Å². The number of nitrogens with one attached hydrogen (secondary N) is 1. The molecule has 31 heavy (non-hydrogen) atoms. The van der Waals surface area contributed by atoms with Crippen LogP contribution in [0.4, 0.5) is 16.2 Å². The van der Waals surface area contributed by atoms with Crippen molar-refractivity contribution < 1.29 is 9.13 Å². The molecule has 0 spiro atoms. The van der Waals surface area contributed by atoms with Gasteiger partial charge in [-0.25, -0.2) is 9.37 Å². The van der Waals surface area contributed by atoms with Gasteiger partial charge in [0, 0.05) is 49.7 Å². The van der Waals surface area contributed by atoms with Crippen LogP contribution in [0.5, 0.6) is 5.75 Å². The summed E-state index contributed by atoms with van der Waals surface area (Å²) < 4.78 is 23.1. The van der Waals surface area contributed by atoms with Gasteiger partial charge in [0.25, 0.3) is 11.4 Å². The fourth-order valence-electron chi connectivity index (χ4n) is 3.82. The molecule has 0 bridgehead atoms. The van der Waals surface area contributed by atoms with E-state index in [-0.39, 0.29) is 23.7 Å². The summed E-state index contributed by atoms with van der Waals surface area (Å²) in [5.41, 5.74) is 2.55. The van der Waals surface area contributed by atoms with Crippen molar-refractivity contribution >= 4 is 17.4 Å². The van der Waals surface area contributed by atoms with E-state index in [2.05, 4.69) is 20.1 Å². The second-order valence-corrected chi connectivity index (χ2v) is 7.19. The van der Waals surface area contributed by atoms with Crippen molar-refractivity contribution in [3.8, 4) is 16.9 Å². The minimum Gasteiger partial charge on any atom is -0.493 e. The Kier molecular flexibility index (Phi) is 4.40.